The zero-order chi connectivity index (χ0) is 25.2. The zero-order valence-electron chi connectivity index (χ0n) is 20.0. The van der Waals surface area contributed by atoms with Gasteiger partial charge in [0.15, 0.2) is 5.60 Å². The summed E-state index contributed by atoms with van der Waals surface area (Å²) >= 11 is 3.53. The summed E-state index contributed by atoms with van der Waals surface area (Å²) in [5.41, 5.74) is 0.602. The Balaban J connectivity index is 0.000000527. The molecule has 6 nitrogen and oxygen atoms in total. The lowest BCUT2D eigenvalue weighted by atomic mass is 9.71. The molecule has 0 aromatic heterocycles. The molecule has 35 heavy (non-hydrogen) atoms. The molecule has 1 aliphatic carbocycles. The molecule has 1 saturated carbocycles. The molecule has 3 aromatic carbocycles. The second-order valence-corrected chi connectivity index (χ2v) is 9.57. The van der Waals surface area contributed by atoms with Crippen LogP contribution in [-0.2, 0) is 16.0 Å². The smallest absolute Gasteiger partial charge is 0.303 e. The van der Waals surface area contributed by atoms with E-state index in [4.69, 9.17) is 19.3 Å². The van der Waals surface area contributed by atoms with E-state index in [1.807, 2.05) is 54.6 Å². The Labute approximate surface area is 213 Å². The summed E-state index contributed by atoms with van der Waals surface area (Å²) in [6.45, 7) is 1.60. The number of aliphatic hydroxyl groups is 1. The molecular formula is C28H29BrO6. The second-order valence-electron chi connectivity index (χ2n) is 8.66. The molecule has 0 amide bonds. The van der Waals surface area contributed by atoms with Crippen LogP contribution in [0.15, 0.2) is 71.2 Å². The summed E-state index contributed by atoms with van der Waals surface area (Å²) in [4.78, 5) is 9.37. The lowest BCUT2D eigenvalue weighted by Gasteiger charge is -2.40. The van der Waals surface area contributed by atoms with E-state index in [-0.39, 0.29) is 12.3 Å². The molecule has 3 aromatic rings. The molecule has 1 fully saturated rings. The highest BCUT2D eigenvalue weighted by Crippen LogP contribution is 2.68. The molecule has 5 rings (SSSR count). The molecule has 0 saturated heterocycles. The number of rotatable bonds is 5. The van der Waals surface area contributed by atoms with Gasteiger partial charge in [-0.05, 0) is 36.1 Å². The van der Waals surface area contributed by atoms with Crippen LogP contribution < -0.4 is 14.2 Å². The van der Waals surface area contributed by atoms with E-state index >= 15 is 0 Å². The number of carboxylic acids is 1. The molecule has 0 spiro atoms. The molecule has 7 heteroatoms. The summed E-state index contributed by atoms with van der Waals surface area (Å²) in [5, 5.41) is 20.0. The van der Waals surface area contributed by atoms with E-state index in [0.29, 0.717) is 29.2 Å². The fraction of sp³-hybridized carbons (Fsp3) is 0.321. The number of fused-ring (bicyclic) bond motifs is 3. The fourth-order valence-corrected chi connectivity index (χ4v) is 5.55. The van der Waals surface area contributed by atoms with Gasteiger partial charge in [0.05, 0.1) is 19.8 Å². The van der Waals surface area contributed by atoms with E-state index < -0.39 is 17.2 Å². The van der Waals surface area contributed by atoms with Gasteiger partial charge in [-0.2, -0.15) is 0 Å². The average Bonchev–Trinajstić information content (AvgIpc) is 3.31. The van der Waals surface area contributed by atoms with Gasteiger partial charge < -0.3 is 24.4 Å². The number of benzene rings is 3. The van der Waals surface area contributed by atoms with Gasteiger partial charge in [-0.25, -0.2) is 0 Å². The third-order valence-electron chi connectivity index (χ3n) is 6.86. The number of halogens is 1. The van der Waals surface area contributed by atoms with Crippen LogP contribution in [0.2, 0.25) is 0 Å². The minimum absolute atomic E-state index is 0.0204. The number of ether oxygens (including phenoxy) is 3. The van der Waals surface area contributed by atoms with Crippen molar-refractivity contribution >= 4 is 21.9 Å². The number of carbonyl (C=O) groups is 1. The Hall–Kier alpha value is -3.03. The van der Waals surface area contributed by atoms with Crippen molar-refractivity contribution < 1.29 is 29.2 Å². The third-order valence-corrected chi connectivity index (χ3v) is 7.39. The Bertz CT molecular complexity index is 1200. The Morgan fingerprint density at radius 2 is 1.74 bits per heavy atom. The van der Waals surface area contributed by atoms with Crippen LogP contribution in [0, 0.1) is 0 Å². The summed E-state index contributed by atoms with van der Waals surface area (Å²) in [7, 11) is 3.23. The zero-order valence-corrected chi connectivity index (χ0v) is 21.5. The number of hydrogen-bond donors (Lipinski definition) is 2. The van der Waals surface area contributed by atoms with Gasteiger partial charge in [-0.1, -0.05) is 65.3 Å². The standard InChI is InChI=1S/C25H23BrO4.C3H6O2/c1-28-19-14-21(29-2)23-22(15-19)30-25(17-8-10-18(26)11-9-17)20(12-13-24(23,25)27)16-6-4-3-5-7-16;1-2-3(4)5/h3-11,14-15,20,27H,12-13H2,1-2H3;2H2,1H3,(H,4,5). The number of carboxylic acid groups (broad SMARTS) is 1. The lowest BCUT2D eigenvalue weighted by molar-refractivity contribution is -0.136. The number of aliphatic carboxylic acids is 1. The first-order valence-electron chi connectivity index (χ1n) is 11.5. The lowest BCUT2D eigenvalue weighted by Crippen LogP contribution is -2.48. The van der Waals surface area contributed by atoms with Gasteiger partial charge in [-0.15, -0.1) is 0 Å². The first-order chi connectivity index (χ1) is 16.8. The van der Waals surface area contributed by atoms with Gasteiger partial charge in [0.25, 0.3) is 0 Å². The van der Waals surface area contributed by atoms with Crippen LogP contribution in [-0.4, -0.2) is 30.4 Å². The van der Waals surface area contributed by atoms with Crippen molar-refractivity contribution in [2.45, 2.75) is 43.3 Å². The Morgan fingerprint density at radius 3 is 2.31 bits per heavy atom. The van der Waals surface area contributed by atoms with Gasteiger partial charge >= 0.3 is 5.97 Å². The van der Waals surface area contributed by atoms with Gasteiger partial charge in [-0.3, -0.25) is 4.79 Å². The Kier molecular flexibility index (Phi) is 7.10. The molecule has 3 unspecified atom stereocenters. The van der Waals surface area contributed by atoms with Crippen molar-refractivity contribution in [3.63, 3.8) is 0 Å². The molecule has 0 bridgehead atoms. The van der Waals surface area contributed by atoms with Crippen molar-refractivity contribution in [2.24, 2.45) is 0 Å². The van der Waals surface area contributed by atoms with Crippen LogP contribution in [0.1, 0.15) is 48.8 Å². The van der Waals surface area contributed by atoms with E-state index in [0.717, 1.165) is 22.0 Å². The minimum Gasteiger partial charge on any atom is -0.496 e. The third kappa shape index (κ3) is 4.17. The fourth-order valence-electron chi connectivity index (χ4n) is 5.29. The summed E-state index contributed by atoms with van der Waals surface area (Å²) in [6, 6.07) is 22.0. The van der Waals surface area contributed by atoms with Gasteiger partial charge in [0.1, 0.15) is 22.8 Å². The normalized spacial score (nSPS) is 23.9. The largest absolute Gasteiger partial charge is 0.496 e. The molecule has 3 atom stereocenters. The average molecular weight is 541 g/mol. The molecule has 2 N–H and O–H groups in total. The maximum absolute atomic E-state index is 12.3. The highest BCUT2D eigenvalue weighted by molar-refractivity contribution is 9.10. The SMILES string of the molecule is CCC(=O)O.COc1cc(OC)c2c(c1)OC1(c3ccc(Br)cc3)C(c3ccccc3)CCC21O. The highest BCUT2D eigenvalue weighted by Gasteiger charge is 2.69. The summed E-state index contributed by atoms with van der Waals surface area (Å²) in [6.07, 6.45) is 1.59. The van der Waals surface area contributed by atoms with Crippen molar-refractivity contribution in [1.29, 1.82) is 0 Å². The summed E-state index contributed by atoms with van der Waals surface area (Å²) in [5.74, 6) is 1.06. The van der Waals surface area contributed by atoms with Crippen LogP contribution in [0.25, 0.3) is 0 Å². The van der Waals surface area contributed by atoms with Gasteiger partial charge in [0.2, 0.25) is 0 Å². The quantitative estimate of drug-likeness (QED) is 0.412. The first-order valence-corrected chi connectivity index (χ1v) is 12.3. The number of methoxy groups -OCH3 is 2. The summed E-state index contributed by atoms with van der Waals surface area (Å²) < 4.78 is 18.9. The highest BCUT2D eigenvalue weighted by atomic mass is 79.9. The molecular weight excluding hydrogens is 512 g/mol. The number of hydrogen-bond acceptors (Lipinski definition) is 5. The van der Waals surface area contributed by atoms with Crippen molar-refractivity contribution in [3.8, 4) is 17.2 Å². The van der Waals surface area contributed by atoms with Crippen LogP contribution in [0.4, 0.5) is 0 Å². The predicted octanol–water partition coefficient (Wildman–Crippen LogP) is 6.00. The maximum Gasteiger partial charge on any atom is 0.303 e. The minimum atomic E-state index is -1.23. The predicted molar refractivity (Wildman–Crippen MR) is 136 cm³/mol. The molecule has 2 aliphatic rings. The van der Waals surface area contributed by atoms with Crippen LogP contribution in [0.3, 0.4) is 0 Å². The second kappa shape index (κ2) is 9.91. The topological polar surface area (TPSA) is 85.2 Å². The van der Waals surface area contributed by atoms with Crippen molar-refractivity contribution in [2.75, 3.05) is 14.2 Å². The molecule has 1 aliphatic heterocycles. The van der Waals surface area contributed by atoms with Crippen LogP contribution in [0.5, 0.6) is 17.2 Å². The molecule has 1 heterocycles. The van der Waals surface area contributed by atoms with Gasteiger partial charge in [0, 0.05) is 28.9 Å². The van der Waals surface area contributed by atoms with Crippen molar-refractivity contribution in [3.05, 3.63) is 87.9 Å². The molecule has 184 valence electrons. The van der Waals surface area contributed by atoms with Crippen LogP contribution >= 0.6 is 15.9 Å². The first kappa shape index (κ1) is 25.1. The van der Waals surface area contributed by atoms with E-state index in [9.17, 15) is 9.90 Å². The van der Waals surface area contributed by atoms with E-state index in [1.165, 1.54) is 0 Å². The molecule has 0 radical (unpaired) electrons. The van der Waals surface area contributed by atoms with E-state index in [2.05, 4.69) is 28.1 Å². The monoisotopic (exact) mass is 540 g/mol. The maximum atomic E-state index is 12.3. The van der Waals surface area contributed by atoms with Crippen molar-refractivity contribution in [1.82, 2.24) is 0 Å². The Morgan fingerprint density at radius 1 is 1.09 bits per heavy atom. The van der Waals surface area contributed by atoms with E-state index in [1.54, 1.807) is 21.1 Å².